The molecule has 0 saturated carbocycles. The van der Waals surface area contributed by atoms with Crippen molar-refractivity contribution in [1.82, 2.24) is 0 Å². The number of benzene rings is 2. The molecule has 0 radical (unpaired) electrons. The maximum atomic E-state index is 12.7. The molecule has 1 unspecified atom stereocenters. The zero-order valence-electron chi connectivity index (χ0n) is 11.9. The number of carbonyl (C=O) groups is 1. The maximum absolute atomic E-state index is 12.7. The fourth-order valence-electron chi connectivity index (χ4n) is 2.45. The molecule has 0 aliphatic carbocycles. The molecular weight excluding hydrogens is 251 g/mol. The van der Waals surface area contributed by atoms with E-state index in [1.54, 1.807) is 0 Å². The van der Waals surface area contributed by atoms with Crippen LogP contribution < -0.4 is 5.30 Å². The minimum atomic E-state index is -0.794. The van der Waals surface area contributed by atoms with Crippen molar-refractivity contribution < 1.29 is 4.79 Å². The Bertz CT molecular complexity index is 579. The third-order valence-electron chi connectivity index (χ3n) is 3.34. The fraction of sp³-hybridized carbons (Fsp3) is 0.235. The molecule has 0 N–H and O–H groups in total. The lowest BCUT2D eigenvalue weighted by Crippen LogP contribution is -2.10. The topological polar surface area (TPSA) is 17.1 Å². The van der Waals surface area contributed by atoms with Crippen molar-refractivity contribution in [3.63, 3.8) is 0 Å². The third kappa shape index (κ3) is 2.93. The van der Waals surface area contributed by atoms with Crippen LogP contribution in [0.1, 0.15) is 27.0 Å². The van der Waals surface area contributed by atoms with Crippen LogP contribution in [0.5, 0.6) is 0 Å². The van der Waals surface area contributed by atoms with Crippen molar-refractivity contribution in [1.29, 1.82) is 0 Å². The molecule has 2 rings (SSSR count). The van der Waals surface area contributed by atoms with E-state index < -0.39 is 7.92 Å². The first-order chi connectivity index (χ1) is 9.00. The second-order valence-corrected chi connectivity index (χ2v) is 7.01. The molecule has 0 saturated heterocycles. The normalized spacial score (nSPS) is 12.2. The minimum absolute atomic E-state index is 0.274. The van der Waals surface area contributed by atoms with Crippen molar-refractivity contribution in [2.45, 2.75) is 20.8 Å². The molecular formula is C17H19OP. The van der Waals surface area contributed by atoms with E-state index >= 15 is 0 Å². The summed E-state index contributed by atoms with van der Waals surface area (Å²) in [5.41, 5.74) is 4.58. The van der Waals surface area contributed by atoms with Crippen molar-refractivity contribution in [2.24, 2.45) is 0 Å². The summed E-state index contributed by atoms with van der Waals surface area (Å²) in [7, 11) is -0.794. The first-order valence-corrected chi connectivity index (χ1v) is 8.20. The molecule has 0 fully saturated rings. The number of aryl methyl sites for hydroxylation is 3. The molecule has 0 amide bonds. The van der Waals surface area contributed by atoms with Crippen molar-refractivity contribution in [3.8, 4) is 0 Å². The van der Waals surface area contributed by atoms with Gasteiger partial charge in [0, 0.05) is 5.56 Å². The van der Waals surface area contributed by atoms with Crippen LogP contribution in [0.4, 0.5) is 0 Å². The number of hydrogen-bond donors (Lipinski definition) is 0. The van der Waals surface area contributed by atoms with Crippen LogP contribution in [-0.2, 0) is 0 Å². The fourth-order valence-corrected chi connectivity index (χ4v) is 4.00. The van der Waals surface area contributed by atoms with Gasteiger partial charge in [-0.1, -0.05) is 48.0 Å². The molecule has 2 aromatic carbocycles. The Morgan fingerprint density at radius 1 is 0.947 bits per heavy atom. The molecule has 0 aromatic heterocycles. The summed E-state index contributed by atoms with van der Waals surface area (Å²) < 4.78 is 0. The van der Waals surface area contributed by atoms with Crippen molar-refractivity contribution in [3.05, 3.63) is 64.7 Å². The molecule has 0 aliphatic rings. The smallest absolute Gasteiger partial charge is 0.188 e. The Morgan fingerprint density at radius 3 is 2.00 bits per heavy atom. The van der Waals surface area contributed by atoms with Gasteiger partial charge >= 0.3 is 0 Å². The summed E-state index contributed by atoms with van der Waals surface area (Å²) >= 11 is 0. The molecule has 98 valence electrons. The zero-order valence-corrected chi connectivity index (χ0v) is 12.8. The second kappa shape index (κ2) is 5.67. The predicted molar refractivity (Wildman–Crippen MR) is 83.9 cm³/mol. The SMILES string of the molecule is Cc1cc(C)c(C(=O)P(C)c2ccccc2)c(C)c1. The van der Waals surface area contributed by atoms with Crippen LogP contribution in [0, 0.1) is 20.8 Å². The highest BCUT2D eigenvalue weighted by Crippen LogP contribution is 2.36. The summed E-state index contributed by atoms with van der Waals surface area (Å²) in [6, 6.07) is 14.2. The highest BCUT2D eigenvalue weighted by Gasteiger charge is 2.20. The quantitative estimate of drug-likeness (QED) is 0.764. The Balaban J connectivity index is 2.40. The maximum Gasteiger partial charge on any atom is 0.188 e. The van der Waals surface area contributed by atoms with Gasteiger partial charge in [-0.05, 0) is 51.8 Å². The van der Waals surface area contributed by atoms with Crippen molar-refractivity contribution in [2.75, 3.05) is 6.66 Å². The summed E-state index contributed by atoms with van der Waals surface area (Å²) in [5, 5.41) is 1.14. The van der Waals surface area contributed by atoms with E-state index in [1.165, 1.54) is 5.56 Å². The lowest BCUT2D eigenvalue weighted by molar-refractivity contribution is 0.108. The Kier molecular flexibility index (Phi) is 4.17. The van der Waals surface area contributed by atoms with Gasteiger partial charge in [-0.2, -0.15) is 0 Å². The van der Waals surface area contributed by atoms with E-state index in [9.17, 15) is 4.79 Å². The molecule has 0 heterocycles. The number of rotatable bonds is 3. The van der Waals surface area contributed by atoms with Crippen LogP contribution in [-0.4, -0.2) is 12.2 Å². The monoisotopic (exact) mass is 270 g/mol. The van der Waals surface area contributed by atoms with Gasteiger partial charge < -0.3 is 0 Å². The molecule has 2 heteroatoms. The van der Waals surface area contributed by atoms with Crippen LogP contribution in [0.15, 0.2) is 42.5 Å². The average molecular weight is 270 g/mol. The summed E-state index contributed by atoms with van der Waals surface area (Å²) in [6.45, 7) is 8.18. The molecule has 0 aliphatic heterocycles. The average Bonchev–Trinajstić information content (AvgIpc) is 2.37. The van der Waals surface area contributed by atoms with E-state index in [-0.39, 0.29) is 5.52 Å². The van der Waals surface area contributed by atoms with Gasteiger partial charge in [0.25, 0.3) is 0 Å². The summed E-state index contributed by atoms with van der Waals surface area (Å²) in [6.07, 6.45) is 0. The van der Waals surface area contributed by atoms with Gasteiger partial charge in [0.1, 0.15) is 0 Å². The van der Waals surface area contributed by atoms with E-state index in [4.69, 9.17) is 0 Å². The largest absolute Gasteiger partial charge is 0.289 e. The highest BCUT2D eigenvalue weighted by atomic mass is 31.1. The van der Waals surface area contributed by atoms with Crippen LogP contribution in [0.25, 0.3) is 0 Å². The lowest BCUT2D eigenvalue weighted by atomic mass is 10.0. The number of hydrogen-bond acceptors (Lipinski definition) is 1. The number of carbonyl (C=O) groups excluding carboxylic acids is 1. The van der Waals surface area contributed by atoms with Gasteiger partial charge in [0.2, 0.25) is 0 Å². The molecule has 1 atom stereocenters. The van der Waals surface area contributed by atoms with Gasteiger partial charge in [-0.3, -0.25) is 4.79 Å². The van der Waals surface area contributed by atoms with Gasteiger partial charge in [-0.25, -0.2) is 0 Å². The predicted octanol–water partition coefficient (Wildman–Crippen LogP) is 4.19. The zero-order chi connectivity index (χ0) is 14.0. The minimum Gasteiger partial charge on any atom is -0.289 e. The second-order valence-electron chi connectivity index (χ2n) is 4.97. The van der Waals surface area contributed by atoms with E-state index in [0.717, 1.165) is 22.0 Å². The third-order valence-corrected chi connectivity index (χ3v) is 5.24. The first kappa shape index (κ1) is 14.0. The Labute approximate surface area is 116 Å². The van der Waals surface area contributed by atoms with Crippen molar-refractivity contribution >= 4 is 18.8 Å². The summed E-state index contributed by atoms with van der Waals surface area (Å²) in [4.78, 5) is 12.7. The first-order valence-electron chi connectivity index (χ1n) is 6.41. The van der Waals surface area contributed by atoms with Crippen LogP contribution >= 0.6 is 7.92 Å². The molecule has 2 aromatic rings. The van der Waals surface area contributed by atoms with E-state index in [2.05, 4.69) is 19.1 Å². The summed E-state index contributed by atoms with van der Waals surface area (Å²) in [5.74, 6) is 0. The molecule has 19 heavy (non-hydrogen) atoms. The standard InChI is InChI=1S/C17H19OP/c1-12-10-13(2)16(14(3)11-12)17(18)19(4)15-8-6-5-7-9-15/h5-11H,1-4H3. The van der Waals surface area contributed by atoms with Gasteiger partial charge in [-0.15, -0.1) is 0 Å². The van der Waals surface area contributed by atoms with E-state index in [1.807, 2.05) is 50.8 Å². The lowest BCUT2D eigenvalue weighted by Gasteiger charge is -2.15. The van der Waals surface area contributed by atoms with E-state index in [0.29, 0.717) is 0 Å². The highest BCUT2D eigenvalue weighted by molar-refractivity contribution is 7.81. The Hall–Kier alpha value is -1.46. The molecule has 0 spiro atoms. The Morgan fingerprint density at radius 2 is 1.47 bits per heavy atom. The van der Waals surface area contributed by atoms with Gasteiger partial charge in [0.05, 0.1) is 0 Å². The van der Waals surface area contributed by atoms with Crippen LogP contribution in [0.3, 0.4) is 0 Å². The van der Waals surface area contributed by atoms with Gasteiger partial charge in [0.15, 0.2) is 5.52 Å². The van der Waals surface area contributed by atoms with Crippen LogP contribution in [0.2, 0.25) is 0 Å². The molecule has 1 nitrogen and oxygen atoms in total. The molecule has 0 bridgehead atoms.